The number of H-pyrrole nitrogens is 1. The maximum atomic E-state index is 12.1. The van der Waals surface area contributed by atoms with Gasteiger partial charge in [-0.1, -0.05) is 0 Å². The summed E-state index contributed by atoms with van der Waals surface area (Å²) in [5.74, 6) is 1.17. The second kappa shape index (κ2) is 7.15. The Bertz CT molecular complexity index is 825. The third-order valence-corrected chi connectivity index (χ3v) is 5.38. The molecule has 0 amide bonds. The van der Waals surface area contributed by atoms with E-state index in [0.717, 1.165) is 18.5 Å². The zero-order valence-electron chi connectivity index (χ0n) is 15.8. The van der Waals surface area contributed by atoms with Crippen LogP contribution in [0.2, 0.25) is 0 Å². The van der Waals surface area contributed by atoms with Gasteiger partial charge >= 0.3 is 5.97 Å². The monoisotopic (exact) mass is 371 g/mol. The molecule has 0 saturated carbocycles. The highest BCUT2D eigenvalue weighted by molar-refractivity contribution is 5.88. The largest absolute Gasteiger partial charge is 0.464 e. The maximum Gasteiger partial charge on any atom is 0.356 e. The highest BCUT2D eigenvalue weighted by Crippen LogP contribution is 2.31. The van der Waals surface area contributed by atoms with Crippen LogP contribution in [0.1, 0.15) is 41.9 Å². The molecule has 9 heteroatoms. The van der Waals surface area contributed by atoms with Gasteiger partial charge in [0.05, 0.1) is 7.11 Å². The molecule has 2 aliphatic heterocycles. The van der Waals surface area contributed by atoms with Crippen molar-refractivity contribution in [2.45, 2.75) is 50.7 Å². The van der Waals surface area contributed by atoms with Crippen LogP contribution in [-0.2, 0) is 4.74 Å². The Balaban J connectivity index is 1.62. The lowest BCUT2D eigenvalue weighted by Gasteiger charge is -2.35. The molecule has 2 aromatic rings. The quantitative estimate of drug-likeness (QED) is 0.683. The van der Waals surface area contributed by atoms with Crippen molar-refractivity contribution in [1.82, 2.24) is 25.5 Å². The number of nitrogens with one attached hydrogen (secondary N) is 3. The fourth-order valence-electron chi connectivity index (χ4n) is 3.99. The lowest BCUT2D eigenvalue weighted by molar-refractivity contribution is 0.0594. The molecule has 0 radical (unpaired) electrons. The Morgan fingerprint density at radius 3 is 2.59 bits per heavy atom. The molecule has 2 fully saturated rings. The number of piperidine rings is 1. The molecule has 2 bridgehead atoms. The number of anilines is 3. The van der Waals surface area contributed by atoms with Gasteiger partial charge in [-0.3, -0.25) is 5.10 Å². The van der Waals surface area contributed by atoms with E-state index in [1.54, 1.807) is 6.07 Å². The smallest absolute Gasteiger partial charge is 0.356 e. The van der Waals surface area contributed by atoms with Crippen LogP contribution in [0.3, 0.4) is 0 Å². The molecular weight excluding hydrogens is 346 g/mol. The summed E-state index contributed by atoms with van der Waals surface area (Å²) in [7, 11) is 3.34. The summed E-state index contributed by atoms with van der Waals surface area (Å²) in [6.45, 7) is 1.92. The molecule has 1 unspecified atom stereocenters. The summed E-state index contributed by atoms with van der Waals surface area (Å²) in [5.41, 5.74) is 1.16. The molecule has 0 spiro atoms. The van der Waals surface area contributed by atoms with Crippen molar-refractivity contribution in [3.63, 3.8) is 0 Å². The van der Waals surface area contributed by atoms with Crippen LogP contribution in [0.15, 0.2) is 12.1 Å². The minimum Gasteiger partial charge on any atom is -0.464 e. The lowest BCUT2D eigenvalue weighted by Crippen LogP contribution is -2.47. The van der Waals surface area contributed by atoms with Crippen LogP contribution in [0.25, 0.3) is 0 Å². The highest BCUT2D eigenvalue weighted by Gasteiger charge is 2.36. The van der Waals surface area contributed by atoms with Gasteiger partial charge in [-0.25, -0.2) is 9.78 Å². The van der Waals surface area contributed by atoms with E-state index in [0.29, 0.717) is 35.7 Å². The second-order valence-corrected chi connectivity index (χ2v) is 7.37. The predicted molar refractivity (Wildman–Crippen MR) is 101 cm³/mol. The van der Waals surface area contributed by atoms with E-state index < -0.39 is 5.97 Å². The van der Waals surface area contributed by atoms with Crippen LogP contribution in [0.4, 0.5) is 17.6 Å². The van der Waals surface area contributed by atoms with E-state index >= 15 is 0 Å². The number of hydrogen-bond acceptors (Lipinski definition) is 8. The number of aryl methyl sites for hydroxylation is 1. The zero-order chi connectivity index (χ0) is 19.0. The molecule has 144 valence electrons. The number of hydrogen-bond donors (Lipinski definition) is 3. The molecule has 2 aliphatic rings. The first kappa shape index (κ1) is 17.7. The Kier molecular flexibility index (Phi) is 4.69. The van der Waals surface area contributed by atoms with Crippen LogP contribution in [-0.4, -0.2) is 58.4 Å². The van der Waals surface area contributed by atoms with Gasteiger partial charge < -0.3 is 20.3 Å². The lowest BCUT2D eigenvalue weighted by atomic mass is 9.99. The molecule has 3 atom stereocenters. The van der Waals surface area contributed by atoms with Crippen molar-refractivity contribution in [2.75, 3.05) is 24.4 Å². The predicted octanol–water partition coefficient (Wildman–Crippen LogP) is 1.76. The molecule has 9 nitrogen and oxygen atoms in total. The SMILES string of the molecule is COC(=O)c1cc(Nc2cc(C)[nH]n2)nc(N(C)C2C[C@H]3CC[C@@H](C2)N3)n1. The molecule has 3 N–H and O–H groups in total. The molecular formula is C18H25N7O2. The van der Waals surface area contributed by atoms with Crippen LogP contribution in [0.5, 0.6) is 0 Å². The first-order chi connectivity index (χ1) is 13.0. The van der Waals surface area contributed by atoms with Crippen LogP contribution in [0, 0.1) is 6.92 Å². The number of ether oxygens (including phenoxy) is 1. The molecule has 4 heterocycles. The fourth-order valence-corrected chi connectivity index (χ4v) is 3.99. The van der Waals surface area contributed by atoms with Crippen molar-refractivity contribution in [2.24, 2.45) is 0 Å². The average Bonchev–Trinajstić information content (AvgIpc) is 3.24. The molecule has 27 heavy (non-hydrogen) atoms. The second-order valence-electron chi connectivity index (χ2n) is 7.37. The van der Waals surface area contributed by atoms with Crippen molar-refractivity contribution >= 4 is 23.6 Å². The summed E-state index contributed by atoms with van der Waals surface area (Å²) < 4.78 is 4.86. The number of fused-ring (bicyclic) bond motifs is 2. The van der Waals surface area contributed by atoms with E-state index in [-0.39, 0.29) is 5.69 Å². The first-order valence-electron chi connectivity index (χ1n) is 9.27. The standard InChI is InChI=1S/C18H25N7O2/c1-10-6-16(24-23-10)21-15-9-14(17(26)27-3)20-18(22-15)25(2)13-7-11-4-5-12(8-13)19-11/h6,9,11-13,19H,4-5,7-8H2,1-3H3,(H2,20,21,22,23,24)/t11-,12+,13?. The van der Waals surface area contributed by atoms with Gasteiger partial charge in [-0.05, 0) is 32.6 Å². The summed E-state index contributed by atoms with van der Waals surface area (Å²) in [6.07, 6.45) is 4.56. The van der Waals surface area contributed by atoms with E-state index in [1.807, 2.05) is 20.0 Å². The number of aromatic nitrogens is 4. The van der Waals surface area contributed by atoms with Crippen molar-refractivity contribution < 1.29 is 9.53 Å². The summed E-state index contributed by atoms with van der Waals surface area (Å²) >= 11 is 0. The molecule has 0 aliphatic carbocycles. The van der Waals surface area contributed by atoms with Crippen molar-refractivity contribution in [3.05, 3.63) is 23.5 Å². The third-order valence-electron chi connectivity index (χ3n) is 5.38. The fraction of sp³-hybridized carbons (Fsp3) is 0.556. The Hall–Kier alpha value is -2.68. The minimum absolute atomic E-state index is 0.223. The van der Waals surface area contributed by atoms with Gasteiger partial charge in [-0.2, -0.15) is 10.1 Å². The summed E-state index contributed by atoms with van der Waals surface area (Å²) in [6, 6.07) is 4.92. The molecule has 2 saturated heterocycles. The average molecular weight is 371 g/mol. The van der Waals surface area contributed by atoms with Crippen LogP contribution < -0.4 is 15.5 Å². The van der Waals surface area contributed by atoms with E-state index in [2.05, 4.69) is 35.7 Å². The molecule has 2 aromatic heterocycles. The van der Waals surface area contributed by atoms with E-state index in [9.17, 15) is 4.79 Å². The van der Waals surface area contributed by atoms with E-state index in [4.69, 9.17) is 4.74 Å². The van der Waals surface area contributed by atoms with Gasteiger partial charge in [-0.15, -0.1) is 0 Å². The number of carbonyl (C=O) groups excluding carboxylic acids is 1. The zero-order valence-corrected chi connectivity index (χ0v) is 15.8. The molecule has 4 rings (SSSR count). The number of rotatable bonds is 5. The van der Waals surface area contributed by atoms with Gasteiger partial charge in [0.25, 0.3) is 0 Å². The molecule has 0 aromatic carbocycles. The van der Waals surface area contributed by atoms with Crippen LogP contribution >= 0.6 is 0 Å². The minimum atomic E-state index is -0.487. The number of carbonyl (C=O) groups is 1. The summed E-state index contributed by atoms with van der Waals surface area (Å²) in [5, 5.41) is 13.8. The Morgan fingerprint density at radius 2 is 1.96 bits per heavy atom. The number of aromatic amines is 1. The van der Waals surface area contributed by atoms with Crippen molar-refractivity contribution in [3.8, 4) is 0 Å². The van der Waals surface area contributed by atoms with E-state index in [1.165, 1.54) is 20.0 Å². The topological polar surface area (TPSA) is 108 Å². The Morgan fingerprint density at radius 1 is 1.22 bits per heavy atom. The Labute approximate surface area is 157 Å². The highest BCUT2D eigenvalue weighted by atomic mass is 16.5. The van der Waals surface area contributed by atoms with Gasteiger partial charge in [0, 0.05) is 43.0 Å². The van der Waals surface area contributed by atoms with Crippen molar-refractivity contribution in [1.29, 1.82) is 0 Å². The number of nitrogens with zero attached hydrogens (tertiary/aromatic N) is 4. The normalized spacial score (nSPS) is 23.9. The van der Waals surface area contributed by atoms with Gasteiger partial charge in [0.1, 0.15) is 5.82 Å². The number of methoxy groups -OCH3 is 1. The maximum absolute atomic E-state index is 12.1. The number of esters is 1. The summed E-state index contributed by atoms with van der Waals surface area (Å²) in [4.78, 5) is 23.2. The van der Waals surface area contributed by atoms with Gasteiger partial charge in [0.2, 0.25) is 5.95 Å². The first-order valence-corrected chi connectivity index (χ1v) is 9.27. The third kappa shape index (κ3) is 3.73. The van der Waals surface area contributed by atoms with Gasteiger partial charge in [0.15, 0.2) is 11.5 Å².